The highest BCUT2D eigenvalue weighted by atomic mass is 32.3. The Kier molecular flexibility index (Phi) is 24.1. The van der Waals surface area contributed by atoms with Gasteiger partial charge in [-0.25, -0.2) is 26.3 Å². The lowest BCUT2D eigenvalue weighted by atomic mass is 9.94. The molecule has 82 heavy (non-hydrogen) atoms. The highest BCUT2D eigenvalue weighted by Gasteiger charge is 2.61. The molecule has 25 atom stereocenters. The molecule has 5 aliphatic heterocycles. The summed E-state index contributed by atoms with van der Waals surface area (Å²) >= 11 is 0. The van der Waals surface area contributed by atoms with Gasteiger partial charge in [-0.3, -0.25) is 22.8 Å². The zero-order valence-electron chi connectivity index (χ0n) is 42.0. The average molecular weight is 1310 g/mol. The Morgan fingerprint density at radius 2 is 0.878 bits per heavy atom. The van der Waals surface area contributed by atoms with Gasteiger partial charge in [0.25, 0.3) is 0 Å². The fourth-order valence-electron chi connectivity index (χ4n) is 9.23. The van der Waals surface area contributed by atoms with E-state index in [-0.39, 0.29) is 0 Å². The van der Waals surface area contributed by atoms with Crippen molar-refractivity contribution in [3.63, 3.8) is 0 Å². The van der Waals surface area contributed by atoms with E-state index in [1.165, 1.54) is 0 Å². The summed E-state index contributed by atoms with van der Waals surface area (Å²) in [6, 6.07) is -6.35. The molecule has 480 valence electrons. The maximum atomic E-state index is 13.1. The average Bonchev–Trinajstić information content (AvgIpc) is 3.55. The molecule has 0 bridgehead atoms. The Balaban J connectivity index is 1.49. The van der Waals surface area contributed by atoms with E-state index in [1.807, 2.05) is 0 Å². The van der Waals surface area contributed by atoms with Crippen molar-refractivity contribution in [2.75, 3.05) is 48.3 Å². The van der Waals surface area contributed by atoms with E-state index in [4.69, 9.17) is 77.2 Å². The topological polar surface area (TPSA) is 648 Å². The van der Waals surface area contributed by atoms with Gasteiger partial charge in [-0.2, -0.15) is 46.8 Å². The first-order chi connectivity index (χ1) is 37.8. The highest BCUT2D eigenvalue weighted by molar-refractivity contribution is 7.83. The Hall–Kier alpha value is -2.47. The van der Waals surface area contributed by atoms with Gasteiger partial charge in [0.15, 0.2) is 49.8 Å². The zero-order valence-corrected chi connectivity index (χ0v) is 46.1. The minimum Gasteiger partial charge on any atom is -0.479 e. The molecular formula is C34H59N3O40S5. The molecule has 0 radical (unpaired) electrons. The van der Waals surface area contributed by atoms with Crippen LogP contribution in [0.5, 0.6) is 0 Å². The summed E-state index contributed by atoms with van der Waals surface area (Å²) in [4.78, 5) is 25.9. The summed E-state index contributed by atoms with van der Waals surface area (Å²) in [5, 5.41) is 63.3. The van der Waals surface area contributed by atoms with Crippen molar-refractivity contribution in [3.05, 3.63) is 0 Å². The van der Waals surface area contributed by atoms with E-state index in [1.54, 1.807) is 4.72 Å². The van der Waals surface area contributed by atoms with Crippen LogP contribution >= 0.6 is 0 Å². The molecule has 5 aliphatic rings. The van der Waals surface area contributed by atoms with Crippen molar-refractivity contribution in [1.82, 2.24) is 4.72 Å². The number of nitrogens with one attached hydrogen (secondary N) is 1. The van der Waals surface area contributed by atoms with E-state index in [0.29, 0.717) is 0 Å². The second kappa shape index (κ2) is 28.1. The number of aliphatic hydroxyl groups is 4. The molecule has 0 aromatic carbocycles. The van der Waals surface area contributed by atoms with Crippen molar-refractivity contribution < 1.29 is 183 Å². The van der Waals surface area contributed by atoms with Crippen LogP contribution in [-0.4, -0.2) is 309 Å². The van der Waals surface area contributed by atoms with Gasteiger partial charge in [-0.05, 0) is 0 Å². The number of nitrogens with two attached hydrogens (primary N) is 2. The largest absolute Gasteiger partial charge is 0.479 e. The van der Waals surface area contributed by atoms with Gasteiger partial charge >= 0.3 is 63.8 Å². The third-order valence-corrected chi connectivity index (χ3v) is 14.9. The lowest BCUT2D eigenvalue weighted by Gasteiger charge is -2.50. The first-order valence-electron chi connectivity index (χ1n) is 22.7. The second-order valence-corrected chi connectivity index (χ2v) is 23.1. The van der Waals surface area contributed by atoms with Crippen molar-refractivity contribution in [2.24, 2.45) is 11.5 Å². The summed E-state index contributed by atoms with van der Waals surface area (Å²) in [5.41, 5.74) is 12.1. The molecule has 0 aliphatic carbocycles. The van der Waals surface area contributed by atoms with Gasteiger partial charge in [-0.1, -0.05) is 0 Å². The van der Waals surface area contributed by atoms with Crippen LogP contribution in [0.1, 0.15) is 0 Å². The summed E-state index contributed by atoms with van der Waals surface area (Å²) in [6.45, 7) is -3.75. The number of methoxy groups -OCH3 is 4. The minimum absolute atomic E-state index is 0.910. The molecule has 5 fully saturated rings. The molecular weight excluding hydrogens is 1250 g/mol. The first-order valence-corrected chi connectivity index (χ1v) is 29.6. The fraction of sp³-hybridized carbons (Fsp3) is 0.941. The predicted molar refractivity (Wildman–Crippen MR) is 245 cm³/mol. The van der Waals surface area contributed by atoms with Crippen LogP contribution in [0, 0.1) is 0 Å². The van der Waals surface area contributed by atoms with E-state index in [9.17, 15) is 105 Å². The molecule has 0 aromatic rings. The lowest BCUT2D eigenvalue weighted by Crippen LogP contribution is -2.71. The van der Waals surface area contributed by atoms with Crippen LogP contribution in [0.3, 0.4) is 0 Å². The van der Waals surface area contributed by atoms with Crippen LogP contribution < -0.4 is 16.2 Å². The monoisotopic (exact) mass is 1310 g/mol. The Morgan fingerprint density at radius 1 is 0.463 bits per heavy atom. The molecule has 0 saturated carbocycles. The Labute approximate surface area is 463 Å². The van der Waals surface area contributed by atoms with Gasteiger partial charge in [0.05, 0.1) is 31.9 Å². The van der Waals surface area contributed by atoms with Gasteiger partial charge in [0.1, 0.15) is 91.5 Å². The number of hydrogen-bond acceptors (Lipinski definition) is 35. The normalized spacial score (nSPS) is 41.0. The Morgan fingerprint density at radius 3 is 1.32 bits per heavy atom. The summed E-state index contributed by atoms with van der Waals surface area (Å²) in [6.07, 6.45) is -49.8. The molecule has 48 heteroatoms. The van der Waals surface area contributed by atoms with Gasteiger partial charge in [0.2, 0.25) is 0 Å². The van der Waals surface area contributed by atoms with E-state index < -0.39 is 237 Å². The van der Waals surface area contributed by atoms with Crippen molar-refractivity contribution in [2.45, 2.75) is 153 Å². The van der Waals surface area contributed by atoms with E-state index in [2.05, 4.69) is 12.5 Å². The maximum Gasteiger partial charge on any atom is 0.397 e. The quantitative estimate of drug-likeness (QED) is 0.0340. The number of carboxylic acid groups (broad SMARTS) is 2. The number of carbonyl (C=O) groups is 2. The number of carboxylic acids is 2. The summed E-state index contributed by atoms with van der Waals surface area (Å²) < 4.78 is 260. The van der Waals surface area contributed by atoms with E-state index in [0.717, 1.165) is 28.4 Å². The number of rotatable bonds is 27. The first kappa shape index (κ1) is 70.3. The van der Waals surface area contributed by atoms with Crippen molar-refractivity contribution in [1.29, 1.82) is 0 Å². The zero-order chi connectivity index (χ0) is 61.9. The smallest absolute Gasteiger partial charge is 0.397 e. The van der Waals surface area contributed by atoms with Crippen molar-refractivity contribution in [3.8, 4) is 0 Å². The summed E-state index contributed by atoms with van der Waals surface area (Å²) in [5.74, 6) is -4.16. The predicted octanol–water partition coefficient (Wildman–Crippen LogP) is -10.5. The molecule has 0 unspecified atom stereocenters. The number of hydrogen-bond donors (Lipinski definition) is 14. The number of ether oxygens (including phenoxy) is 13. The van der Waals surface area contributed by atoms with Gasteiger partial charge in [-0.15, -0.1) is 0 Å². The third kappa shape index (κ3) is 17.8. The number of aliphatic carboxylic acids is 2. The molecule has 43 nitrogen and oxygen atoms in total. The van der Waals surface area contributed by atoms with Crippen LogP contribution in [0.25, 0.3) is 0 Å². The van der Waals surface area contributed by atoms with E-state index >= 15 is 0 Å². The number of aliphatic hydroxyl groups excluding tert-OH is 4. The van der Waals surface area contributed by atoms with Crippen LogP contribution in [0.15, 0.2) is 0 Å². The summed E-state index contributed by atoms with van der Waals surface area (Å²) in [7, 11) is -23.9. The van der Waals surface area contributed by atoms with Gasteiger partial charge < -0.3 is 104 Å². The minimum atomic E-state index is -5.85. The Bertz CT molecular complexity index is 2730. The standard InChI is InChI=1S/C34H59N3O40S5/c1-61-15-10(7-65-79(49,50)51)68-32(13(20(15)62-2)37-78(46,47)48)72-24-23(63-3)27(64-4)34(74-26(24)29(43)44)70-17-9(6-39)67-31(12(36)19(17)76-81(55,56)57)71-21-14(40)22(77-82(58,59)60)33(73-25(21)28(41)42)69-16-8(5-38)66-30(45)11(35)18(16)75-80(52,53)54/h8-27,30-34,37-40,45H,5-7,35-36H2,1-4H3,(H,41,42)(H,43,44)(H,46,47,48)(H,49,50,51)(H,52,53,54)(H,55,56,57)(H,58,59,60)/t8-,9-,10-,11-,12-,13-,14+,15-,16-,17-,18-,19-,20-,21+,22-,23+,24+,25-,26+,27+,30+,31-,32-,33-,34-/m1/s1. The molecule has 0 aromatic heterocycles. The van der Waals surface area contributed by atoms with Gasteiger partial charge in [0, 0.05) is 28.4 Å². The second-order valence-electron chi connectivity index (χ2n) is 17.7. The molecule has 0 spiro atoms. The molecule has 5 heterocycles. The SMILES string of the molecule is CO[C@@H]1[C@H](OC)[C@H](O[C@H]2[C@H](OS(=O)(=O)O)[C@@H](N)[C@@H](O[C@H]3[C@H](O)[C@@H](OS(=O)(=O)O)[C@H](O[C@H]4[C@H](OS(=O)(=O)O)[C@@H](N)[C@@H](O)O[C@@H]4CO)O[C@H]3C(=O)O)O[C@@H]2CO)O[C@H](C(=O)O)[C@H]1O[C@H]1O[C@H](COS(=O)(=O)O)[C@@H](OC)[C@H](OC)[C@H]1NS(=O)(=O)O. The molecule has 0 amide bonds. The molecule has 16 N–H and O–H groups in total. The van der Waals surface area contributed by atoms with Crippen molar-refractivity contribution >= 4 is 63.8 Å². The fourth-order valence-corrected chi connectivity index (χ4v) is 11.7. The van der Waals surface area contributed by atoms with Crippen LogP contribution in [0.4, 0.5) is 0 Å². The molecule has 5 saturated heterocycles. The third-order valence-electron chi connectivity index (χ3n) is 12.5. The maximum absolute atomic E-state index is 13.1. The lowest BCUT2D eigenvalue weighted by molar-refractivity contribution is -0.374. The van der Waals surface area contributed by atoms with Crippen LogP contribution in [0.2, 0.25) is 0 Å². The highest BCUT2D eigenvalue weighted by Crippen LogP contribution is 2.39. The van der Waals surface area contributed by atoms with Crippen LogP contribution in [-0.2, 0) is 140 Å². The molecule has 5 rings (SSSR count).